The van der Waals surface area contributed by atoms with E-state index in [1.807, 2.05) is 0 Å². The SMILES string of the molecule is [O]c1ccc(Oc2ccc(Cl)cc2C(F)(F)F)cc1. The Morgan fingerprint density at radius 2 is 1.63 bits per heavy atom. The Labute approximate surface area is 112 Å². The standard InChI is InChI=1S/C13H7ClF3O2/c14-8-1-6-12(11(7-8)13(15,16)17)19-10-4-2-9(18)3-5-10/h1-7H. The van der Waals surface area contributed by atoms with Crippen molar-refractivity contribution < 1.29 is 23.0 Å². The van der Waals surface area contributed by atoms with Gasteiger partial charge in [-0.15, -0.1) is 0 Å². The molecule has 0 unspecified atom stereocenters. The van der Waals surface area contributed by atoms with E-state index in [1.165, 1.54) is 30.3 Å². The van der Waals surface area contributed by atoms with Crippen LogP contribution in [0.3, 0.4) is 0 Å². The molecule has 0 atom stereocenters. The Morgan fingerprint density at radius 3 is 2.21 bits per heavy atom. The molecule has 0 aliphatic rings. The van der Waals surface area contributed by atoms with Crippen LogP contribution in [0.5, 0.6) is 17.2 Å². The fourth-order valence-corrected chi connectivity index (χ4v) is 1.62. The first kappa shape index (κ1) is 13.5. The monoisotopic (exact) mass is 287 g/mol. The molecule has 0 spiro atoms. The molecule has 1 radical (unpaired) electrons. The summed E-state index contributed by atoms with van der Waals surface area (Å²) in [6, 6.07) is 8.24. The van der Waals surface area contributed by atoms with Gasteiger partial charge in [-0.3, -0.25) is 5.11 Å². The van der Waals surface area contributed by atoms with Gasteiger partial charge in [-0.25, -0.2) is 0 Å². The lowest BCUT2D eigenvalue weighted by Gasteiger charge is -2.13. The molecule has 19 heavy (non-hydrogen) atoms. The molecular formula is C13H7ClF3O2. The first-order chi connectivity index (χ1) is 8.86. The molecule has 0 N–H and O–H groups in total. The van der Waals surface area contributed by atoms with Crippen LogP contribution in [0, 0.1) is 0 Å². The maximum atomic E-state index is 12.8. The van der Waals surface area contributed by atoms with Crippen molar-refractivity contribution in [3.63, 3.8) is 0 Å². The minimum atomic E-state index is -4.57. The summed E-state index contributed by atoms with van der Waals surface area (Å²) in [5, 5.41) is 10.9. The van der Waals surface area contributed by atoms with E-state index in [0.29, 0.717) is 0 Å². The Bertz CT molecular complexity index is 579. The smallest absolute Gasteiger partial charge is 0.420 e. The number of halogens is 4. The Balaban J connectivity index is 2.37. The van der Waals surface area contributed by atoms with Crippen molar-refractivity contribution in [1.82, 2.24) is 0 Å². The van der Waals surface area contributed by atoms with Crippen LogP contribution in [0.15, 0.2) is 42.5 Å². The second-order valence-electron chi connectivity index (χ2n) is 3.71. The maximum absolute atomic E-state index is 12.8. The van der Waals surface area contributed by atoms with Crippen LogP contribution in [0.1, 0.15) is 5.56 Å². The molecule has 0 saturated carbocycles. The quantitative estimate of drug-likeness (QED) is 0.737. The van der Waals surface area contributed by atoms with Gasteiger partial charge in [-0.05, 0) is 42.5 Å². The van der Waals surface area contributed by atoms with Crippen LogP contribution in [0.2, 0.25) is 5.02 Å². The Morgan fingerprint density at radius 1 is 1.00 bits per heavy atom. The van der Waals surface area contributed by atoms with Gasteiger partial charge in [-0.1, -0.05) is 11.6 Å². The highest BCUT2D eigenvalue weighted by Gasteiger charge is 2.34. The number of ether oxygens (including phenoxy) is 1. The summed E-state index contributed by atoms with van der Waals surface area (Å²) in [7, 11) is 0. The van der Waals surface area contributed by atoms with E-state index in [2.05, 4.69) is 0 Å². The molecule has 0 aromatic heterocycles. The van der Waals surface area contributed by atoms with E-state index in [0.717, 1.165) is 12.1 Å². The maximum Gasteiger partial charge on any atom is 0.420 e. The number of rotatable bonds is 2. The normalized spacial score (nSPS) is 11.4. The van der Waals surface area contributed by atoms with E-state index < -0.39 is 11.7 Å². The van der Waals surface area contributed by atoms with E-state index in [-0.39, 0.29) is 22.3 Å². The predicted octanol–water partition coefficient (Wildman–Crippen LogP) is 5.29. The van der Waals surface area contributed by atoms with Crippen LogP contribution < -0.4 is 4.74 Å². The second kappa shape index (κ2) is 5.01. The van der Waals surface area contributed by atoms with Crippen LogP contribution in [0.25, 0.3) is 0 Å². The summed E-state index contributed by atoms with van der Waals surface area (Å²) in [6.07, 6.45) is -4.57. The summed E-state index contributed by atoms with van der Waals surface area (Å²) in [5.74, 6) is -0.470. The van der Waals surface area contributed by atoms with Gasteiger partial charge >= 0.3 is 6.18 Å². The van der Waals surface area contributed by atoms with Gasteiger partial charge in [0.1, 0.15) is 11.5 Å². The third kappa shape index (κ3) is 3.32. The molecule has 6 heteroatoms. The minimum Gasteiger partial charge on any atom is -0.457 e. The molecular weight excluding hydrogens is 281 g/mol. The fourth-order valence-electron chi connectivity index (χ4n) is 1.45. The first-order valence-electron chi connectivity index (χ1n) is 5.18. The van der Waals surface area contributed by atoms with Gasteiger partial charge in [-0.2, -0.15) is 13.2 Å². The largest absolute Gasteiger partial charge is 0.457 e. The van der Waals surface area contributed by atoms with Gasteiger partial charge in [0, 0.05) is 5.02 Å². The minimum absolute atomic E-state index is 0.0328. The molecule has 99 valence electrons. The van der Waals surface area contributed by atoms with Crippen molar-refractivity contribution in [2.45, 2.75) is 6.18 Å². The molecule has 0 aliphatic heterocycles. The molecule has 0 bridgehead atoms. The molecule has 2 aromatic rings. The molecule has 0 aliphatic carbocycles. The Kier molecular flexibility index (Phi) is 3.57. The lowest BCUT2D eigenvalue weighted by molar-refractivity contribution is -0.138. The highest BCUT2D eigenvalue weighted by atomic mass is 35.5. The number of hydrogen-bond donors (Lipinski definition) is 0. The first-order valence-corrected chi connectivity index (χ1v) is 5.56. The van der Waals surface area contributed by atoms with E-state index >= 15 is 0 Å². The van der Waals surface area contributed by atoms with Crippen molar-refractivity contribution in [2.75, 3.05) is 0 Å². The zero-order chi connectivity index (χ0) is 14.0. The lowest BCUT2D eigenvalue weighted by Crippen LogP contribution is -2.07. The molecule has 2 rings (SSSR count). The summed E-state index contributed by atoms with van der Waals surface area (Å²) >= 11 is 5.55. The third-order valence-corrected chi connectivity index (χ3v) is 2.53. The lowest BCUT2D eigenvalue weighted by atomic mass is 10.2. The van der Waals surface area contributed by atoms with Gasteiger partial charge in [0.2, 0.25) is 0 Å². The zero-order valence-corrected chi connectivity index (χ0v) is 10.1. The summed E-state index contributed by atoms with van der Waals surface area (Å²) in [6.45, 7) is 0. The third-order valence-electron chi connectivity index (χ3n) is 2.30. The molecule has 0 saturated heterocycles. The summed E-state index contributed by atoms with van der Waals surface area (Å²) in [5.41, 5.74) is -0.966. The fraction of sp³-hybridized carbons (Fsp3) is 0.0769. The average Bonchev–Trinajstić information content (AvgIpc) is 2.33. The Hall–Kier alpha value is -1.88. The molecule has 0 fully saturated rings. The summed E-state index contributed by atoms with van der Waals surface area (Å²) < 4.78 is 43.5. The van der Waals surface area contributed by atoms with Gasteiger partial charge in [0.15, 0.2) is 5.75 Å². The molecule has 0 amide bonds. The highest BCUT2D eigenvalue weighted by molar-refractivity contribution is 6.30. The number of alkyl halides is 3. The van der Waals surface area contributed by atoms with Gasteiger partial charge in [0.05, 0.1) is 5.56 Å². The number of benzene rings is 2. The molecule has 2 nitrogen and oxygen atoms in total. The van der Waals surface area contributed by atoms with E-state index in [9.17, 15) is 18.3 Å². The number of hydrogen-bond acceptors (Lipinski definition) is 1. The van der Waals surface area contributed by atoms with Crippen LogP contribution in [-0.2, 0) is 11.3 Å². The van der Waals surface area contributed by atoms with Crippen LogP contribution in [-0.4, -0.2) is 0 Å². The summed E-state index contributed by atoms with van der Waals surface area (Å²) in [4.78, 5) is 0. The van der Waals surface area contributed by atoms with Crippen molar-refractivity contribution in [3.8, 4) is 17.2 Å². The van der Waals surface area contributed by atoms with Crippen molar-refractivity contribution in [1.29, 1.82) is 0 Å². The van der Waals surface area contributed by atoms with Gasteiger partial charge in [0.25, 0.3) is 0 Å². The second-order valence-corrected chi connectivity index (χ2v) is 4.15. The van der Waals surface area contributed by atoms with Crippen LogP contribution >= 0.6 is 11.6 Å². The molecule has 2 aromatic carbocycles. The van der Waals surface area contributed by atoms with Gasteiger partial charge < -0.3 is 4.74 Å². The van der Waals surface area contributed by atoms with Crippen molar-refractivity contribution in [2.24, 2.45) is 0 Å². The van der Waals surface area contributed by atoms with Crippen molar-refractivity contribution in [3.05, 3.63) is 53.1 Å². The predicted molar refractivity (Wildman–Crippen MR) is 63.1 cm³/mol. The average molecular weight is 288 g/mol. The van der Waals surface area contributed by atoms with Crippen LogP contribution in [0.4, 0.5) is 13.2 Å². The highest BCUT2D eigenvalue weighted by Crippen LogP contribution is 2.39. The molecule has 0 heterocycles. The zero-order valence-electron chi connectivity index (χ0n) is 9.37. The van der Waals surface area contributed by atoms with E-state index in [4.69, 9.17) is 16.3 Å². The topological polar surface area (TPSA) is 29.1 Å². The van der Waals surface area contributed by atoms with E-state index in [1.54, 1.807) is 0 Å². The van der Waals surface area contributed by atoms with Crippen molar-refractivity contribution >= 4 is 11.6 Å².